The molecule has 0 spiro atoms. The summed E-state index contributed by atoms with van der Waals surface area (Å²) in [7, 11) is 0. The second-order valence-electron chi connectivity index (χ2n) is 11.2. The first-order chi connectivity index (χ1) is 17.8. The number of allylic oxidation sites excluding steroid dienone is 2. The van der Waals surface area contributed by atoms with Gasteiger partial charge in [0.2, 0.25) is 0 Å². The van der Waals surface area contributed by atoms with Gasteiger partial charge in [0.25, 0.3) is 0 Å². The molecule has 0 saturated heterocycles. The summed E-state index contributed by atoms with van der Waals surface area (Å²) in [5, 5.41) is 0. The molecule has 0 aromatic heterocycles. The van der Waals surface area contributed by atoms with Crippen molar-refractivity contribution in [1.29, 1.82) is 0 Å². The minimum Gasteiger partial charge on any atom is -0.466 e. The first kappa shape index (κ1) is 35.2. The number of rotatable bonds is 30. The summed E-state index contributed by atoms with van der Waals surface area (Å²) in [6.45, 7) is 4.96. The van der Waals surface area contributed by atoms with Gasteiger partial charge in [0, 0.05) is 6.42 Å². The molecule has 0 aliphatic carbocycles. The van der Waals surface area contributed by atoms with Crippen LogP contribution < -0.4 is 0 Å². The Balaban J connectivity index is 3.11. The molecule has 0 radical (unpaired) electrons. The van der Waals surface area contributed by atoms with Crippen molar-refractivity contribution < 1.29 is 9.53 Å². The smallest absolute Gasteiger partial charge is 0.305 e. The van der Waals surface area contributed by atoms with Crippen molar-refractivity contribution in [3.8, 4) is 0 Å². The Morgan fingerprint density at radius 2 is 0.861 bits per heavy atom. The van der Waals surface area contributed by atoms with Gasteiger partial charge in [-0.1, -0.05) is 160 Å². The van der Waals surface area contributed by atoms with Crippen LogP contribution in [0.2, 0.25) is 0 Å². The van der Waals surface area contributed by atoms with Gasteiger partial charge in [-0.2, -0.15) is 0 Å². The van der Waals surface area contributed by atoms with E-state index in [0.717, 1.165) is 25.7 Å². The maximum atomic E-state index is 11.8. The number of carbonyl (C=O) groups is 1. The van der Waals surface area contributed by atoms with E-state index >= 15 is 0 Å². The van der Waals surface area contributed by atoms with Crippen LogP contribution in [-0.4, -0.2) is 12.6 Å². The molecule has 0 aromatic carbocycles. The molecule has 0 aromatic rings. The molecule has 0 heterocycles. The Morgan fingerprint density at radius 3 is 1.25 bits per heavy atom. The topological polar surface area (TPSA) is 26.3 Å². The Hall–Kier alpha value is -0.790. The lowest BCUT2D eigenvalue weighted by Crippen LogP contribution is -2.05. The molecule has 2 nitrogen and oxygen atoms in total. The highest BCUT2D eigenvalue weighted by Crippen LogP contribution is 2.15. The molecule has 2 heteroatoms. The molecule has 0 amide bonds. The minimum absolute atomic E-state index is 0.00644. The van der Waals surface area contributed by atoms with Crippen molar-refractivity contribution in [2.75, 3.05) is 6.61 Å². The fourth-order valence-corrected chi connectivity index (χ4v) is 5.02. The zero-order valence-corrected chi connectivity index (χ0v) is 25.0. The standard InChI is InChI=1S/C34H66O2/c1-3-5-7-9-11-12-13-14-15-16-17-18-19-20-21-22-23-24-25-26-27-28-30-32-34(35)36-33-31-29-10-8-6-4-2/h4,6H,3,5,7-33H2,1-2H3/b6-4+. The fraction of sp³-hybridized carbons (Fsp3) is 0.912. The average Bonchev–Trinajstić information content (AvgIpc) is 2.88. The number of ether oxygens (including phenoxy) is 1. The molecule has 36 heavy (non-hydrogen) atoms. The van der Waals surface area contributed by atoms with Crippen LogP contribution in [0, 0.1) is 0 Å². The van der Waals surface area contributed by atoms with Gasteiger partial charge in [0.05, 0.1) is 6.61 Å². The van der Waals surface area contributed by atoms with Gasteiger partial charge >= 0.3 is 5.97 Å². The van der Waals surface area contributed by atoms with E-state index in [-0.39, 0.29) is 5.97 Å². The predicted octanol–water partition coefficient (Wildman–Crippen LogP) is 12.0. The summed E-state index contributed by atoms with van der Waals surface area (Å²) in [4.78, 5) is 11.8. The van der Waals surface area contributed by atoms with Crippen molar-refractivity contribution in [2.45, 2.75) is 194 Å². The average molecular weight is 507 g/mol. The molecule has 0 N–H and O–H groups in total. The fourth-order valence-electron chi connectivity index (χ4n) is 5.02. The zero-order chi connectivity index (χ0) is 26.2. The van der Waals surface area contributed by atoms with Crippen molar-refractivity contribution in [1.82, 2.24) is 0 Å². The molecular formula is C34H66O2. The van der Waals surface area contributed by atoms with E-state index in [2.05, 4.69) is 26.0 Å². The summed E-state index contributed by atoms with van der Waals surface area (Å²) in [5.41, 5.74) is 0. The second kappa shape index (κ2) is 32.2. The molecule has 0 bridgehead atoms. The Labute approximate surface area is 227 Å². The third-order valence-electron chi connectivity index (χ3n) is 7.50. The second-order valence-corrected chi connectivity index (χ2v) is 11.2. The monoisotopic (exact) mass is 507 g/mol. The van der Waals surface area contributed by atoms with E-state index in [0.29, 0.717) is 13.0 Å². The maximum Gasteiger partial charge on any atom is 0.305 e. The summed E-state index contributed by atoms with van der Waals surface area (Å²) in [5.74, 6) is 0.00644. The summed E-state index contributed by atoms with van der Waals surface area (Å²) >= 11 is 0. The van der Waals surface area contributed by atoms with Crippen molar-refractivity contribution >= 4 is 5.97 Å². The molecular weight excluding hydrogens is 440 g/mol. The number of unbranched alkanes of at least 4 members (excludes halogenated alkanes) is 25. The maximum absolute atomic E-state index is 11.8. The van der Waals surface area contributed by atoms with Gasteiger partial charge in [0.15, 0.2) is 0 Å². The van der Waals surface area contributed by atoms with Crippen molar-refractivity contribution in [3.63, 3.8) is 0 Å². The highest BCUT2D eigenvalue weighted by molar-refractivity contribution is 5.69. The zero-order valence-electron chi connectivity index (χ0n) is 25.0. The van der Waals surface area contributed by atoms with E-state index in [1.54, 1.807) is 0 Å². The predicted molar refractivity (Wildman–Crippen MR) is 161 cm³/mol. The van der Waals surface area contributed by atoms with Crippen molar-refractivity contribution in [3.05, 3.63) is 12.2 Å². The highest BCUT2D eigenvalue weighted by atomic mass is 16.5. The van der Waals surface area contributed by atoms with Crippen LogP contribution in [0.4, 0.5) is 0 Å². The lowest BCUT2D eigenvalue weighted by atomic mass is 10.0. The van der Waals surface area contributed by atoms with Gasteiger partial charge in [-0.05, 0) is 39.0 Å². The van der Waals surface area contributed by atoms with E-state index in [9.17, 15) is 4.79 Å². The van der Waals surface area contributed by atoms with Crippen LogP contribution >= 0.6 is 0 Å². The van der Waals surface area contributed by atoms with E-state index in [1.165, 1.54) is 148 Å². The molecule has 0 aliphatic heterocycles. The number of esters is 1. The summed E-state index contributed by atoms with van der Waals surface area (Å²) in [6, 6.07) is 0. The number of hydrogen-bond acceptors (Lipinski definition) is 2. The summed E-state index contributed by atoms with van der Waals surface area (Å²) in [6.07, 6.45) is 41.6. The summed E-state index contributed by atoms with van der Waals surface area (Å²) < 4.78 is 5.34. The van der Waals surface area contributed by atoms with Gasteiger partial charge < -0.3 is 4.74 Å². The lowest BCUT2D eigenvalue weighted by Gasteiger charge is -2.05. The quantitative estimate of drug-likeness (QED) is 0.0550. The first-order valence-corrected chi connectivity index (χ1v) is 16.6. The van der Waals surface area contributed by atoms with Gasteiger partial charge in [-0.25, -0.2) is 0 Å². The number of hydrogen-bond donors (Lipinski definition) is 0. The van der Waals surface area contributed by atoms with Crippen LogP contribution in [0.1, 0.15) is 194 Å². The molecule has 0 aliphatic rings. The Morgan fingerprint density at radius 1 is 0.500 bits per heavy atom. The SMILES string of the molecule is C/C=C/CCCCCOC(=O)CCCCCCCCCCCCCCCCCCCCCCCCC. The lowest BCUT2D eigenvalue weighted by molar-refractivity contribution is -0.143. The largest absolute Gasteiger partial charge is 0.466 e. The highest BCUT2D eigenvalue weighted by Gasteiger charge is 2.02. The third-order valence-corrected chi connectivity index (χ3v) is 7.50. The van der Waals surface area contributed by atoms with Gasteiger partial charge in [0.1, 0.15) is 0 Å². The van der Waals surface area contributed by atoms with E-state index < -0.39 is 0 Å². The first-order valence-electron chi connectivity index (χ1n) is 16.6. The van der Waals surface area contributed by atoms with Gasteiger partial charge in [-0.3, -0.25) is 4.79 Å². The minimum atomic E-state index is 0.00644. The van der Waals surface area contributed by atoms with E-state index in [1.807, 2.05) is 0 Å². The van der Waals surface area contributed by atoms with E-state index in [4.69, 9.17) is 4.74 Å². The van der Waals surface area contributed by atoms with Gasteiger partial charge in [-0.15, -0.1) is 0 Å². The van der Waals surface area contributed by atoms with Crippen molar-refractivity contribution in [2.24, 2.45) is 0 Å². The normalized spacial score (nSPS) is 11.5. The van der Waals surface area contributed by atoms with Crippen LogP contribution in [0.15, 0.2) is 12.2 Å². The van der Waals surface area contributed by atoms with Crippen LogP contribution in [-0.2, 0) is 9.53 Å². The van der Waals surface area contributed by atoms with Crippen LogP contribution in [0.25, 0.3) is 0 Å². The Kier molecular flexibility index (Phi) is 31.5. The molecule has 0 unspecified atom stereocenters. The van der Waals surface area contributed by atoms with Crippen LogP contribution in [0.5, 0.6) is 0 Å². The molecule has 0 fully saturated rings. The third kappa shape index (κ3) is 31.2. The molecule has 0 saturated carbocycles. The molecule has 0 rings (SSSR count). The molecule has 214 valence electrons. The molecule has 0 atom stereocenters. The van der Waals surface area contributed by atoms with Crippen LogP contribution in [0.3, 0.4) is 0 Å². The number of carbonyl (C=O) groups excluding carboxylic acids is 1. The Bertz CT molecular complexity index is 442.